The molecule has 6 N–H and O–H groups in total. The lowest BCUT2D eigenvalue weighted by molar-refractivity contribution is 0.249. The molecular weight excluding hydrogens is 358 g/mol. The van der Waals surface area contributed by atoms with Gasteiger partial charge in [-0.05, 0) is 12.5 Å². The zero-order valence-corrected chi connectivity index (χ0v) is 15.1. The van der Waals surface area contributed by atoms with E-state index in [0.717, 1.165) is 5.56 Å². The summed E-state index contributed by atoms with van der Waals surface area (Å²) in [5.41, 5.74) is 7.56. The van der Waals surface area contributed by atoms with Gasteiger partial charge in [0.05, 0.1) is 11.8 Å². The third kappa shape index (κ3) is 4.39. The van der Waals surface area contributed by atoms with E-state index in [1.54, 1.807) is 0 Å². The molecule has 0 aliphatic rings. The Labute approximate surface area is 160 Å². The number of pyridine rings is 1. The summed E-state index contributed by atoms with van der Waals surface area (Å²) in [6, 6.07) is 10.4. The van der Waals surface area contributed by atoms with E-state index in [1.807, 2.05) is 37.3 Å². The molecule has 142 valence electrons. The summed E-state index contributed by atoms with van der Waals surface area (Å²) in [5.74, 6) is 0.256. The van der Waals surface area contributed by atoms with Crippen LogP contribution in [0.1, 0.15) is 29.7 Å². The fourth-order valence-electron chi connectivity index (χ4n) is 2.56. The quantitative estimate of drug-likeness (QED) is 0.431. The van der Waals surface area contributed by atoms with Gasteiger partial charge in [0.2, 0.25) is 0 Å². The van der Waals surface area contributed by atoms with Gasteiger partial charge in [-0.15, -0.1) is 0 Å². The Morgan fingerprint density at radius 1 is 1.21 bits per heavy atom. The molecule has 1 aromatic carbocycles. The van der Waals surface area contributed by atoms with E-state index in [-0.39, 0.29) is 23.3 Å². The minimum atomic E-state index is -0.502. The summed E-state index contributed by atoms with van der Waals surface area (Å²) >= 11 is 0. The fourth-order valence-corrected chi connectivity index (χ4v) is 2.56. The number of benzene rings is 1. The minimum Gasteiger partial charge on any atom is -0.398 e. The summed E-state index contributed by atoms with van der Waals surface area (Å²) in [7, 11) is 0. The smallest absolute Gasteiger partial charge is 0.344 e. The van der Waals surface area contributed by atoms with E-state index in [9.17, 15) is 9.59 Å². The van der Waals surface area contributed by atoms with Crippen LogP contribution in [-0.4, -0.2) is 26.7 Å². The van der Waals surface area contributed by atoms with Gasteiger partial charge in [0.25, 0.3) is 0 Å². The molecule has 0 aliphatic carbocycles. The molecule has 1 atom stereocenters. The number of amides is 2. The van der Waals surface area contributed by atoms with Gasteiger partial charge in [-0.3, -0.25) is 10.7 Å². The number of hydrogen-bond acceptors (Lipinski definition) is 6. The Kier molecular flexibility index (Phi) is 5.45. The number of carbonyl (C=O) groups excluding carboxylic acids is 1. The standard InChI is InChI=1S/C19H19N7O2/c1-11(12-5-3-2-4-6-12)25-19(28)26-16-7-15(20)14(10-22-16)17(21)13-8-23-18(27)24-9-13/h2-11,21H,1H3,(H,23,24,27)(H4,20,22,25,26,28). The normalized spacial score (nSPS) is 11.5. The molecular formula is C19H19N7O2. The van der Waals surface area contributed by atoms with Crippen molar-refractivity contribution in [2.75, 3.05) is 11.1 Å². The van der Waals surface area contributed by atoms with Gasteiger partial charge in [0.15, 0.2) is 0 Å². The first-order valence-electron chi connectivity index (χ1n) is 8.46. The van der Waals surface area contributed by atoms with Crippen molar-refractivity contribution in [1.29, 1.82) is 5.41 Å². The van der Waals surface area contributed by atoms with E-state index in [1.165, 1.54) is 24.7 Å². The summed E-state index contributed by atoms with van der Waals surface area (Å²) in [6.07, 6.45) is 4.05. The molecule has 0 aliphatic heterocycles. The predicted molar refractivity (Wildman–Crippen MR) is 106 cm³/mol. The third-order valence-corrected chi connectivity index (χ3v) is 4.05. The second-order valence-corrected chi connectivity index (χ2v) is 6.07. The highest BCUT2D eigenvalue weighted by molar-refractivity contribution is 6.13. The number of rotatable bonds is 5. The molecule has 0 bridgehead atoms. The molecule has 2 aromatic heterocycles. The number of nitrogens with zero attached hydrogens (tertiary/aromatic N) is 2. The average Bonchev–Trinajstić information content (AvgIpc) is 2.69. The molecule has 2 heterocycles. The Bertz CT molecular complexity index is 1040. The Hall–Kier alpha value is -4.01. The van der Waals surface area contributed by atoms with Crippen LogP contribution in [0.2, 0.25) is 0 Å². The second kappa shape index (κ2) is 8.12. The molecule has 1 unspecified atom stereocenters. The first-order valence-corrected chi connectivity index (χ1v) is 8.46. The van der Waals surface area contributed by atoms with Gasteiger partial charge in [-0.2, -0.15) is 0 Å². The molecule has 9 nitrogen and oxygen atoms in total. The molecule has 0 fully saturated rings. The number of aromatic nitrogens is 3. The van der Waals surface area contributed by atoms with Crippen LogP contribution >= 0.6 is 0 Å². The Balaban J connectivity index is 1.68. The molecule has 28 heavy (non-hydrogen) atoms. The Morgan fingerprint density at radius 3 is 2.61 bits per heavy atom. The van der Waals surface area contributed by atoms with Crippen LogP contribution in [0.4, 0.5) is 16.3 Å². The lowest BCUT2D eigenvalue weighted by Gasteiger charge is -2.15. The fraction of sp³-hybridized carbons (Fsp3) is 0.105. The number of aromatic amines is 1. The second-order valence-electron chi connectivity index (χ2n) is 6.07. The zero-order chi connectivity index (χ0) is 20.1. The van der Waals surface area contributed by atoms with Crippen molar-refractivity contribution in [3.05, 3.63) is 82.2 Å². The highest BCUT2D eigenvalue weighted by Crippen LogP contribution is 2.18. The molecule has 0 saturated heterocycles. The Morgan fingerprint density at radius 2 is 1.96 bits per heavy atom. The van der Waals surface area contributed by atoms with E-state index in [4.69, 9.17) is 11.1 Å². The highest BCUT2D eigenvalue weighted by atomic mass is 16.2. The maximum Gasteiger partial charge on any atom is 0.344 e. The first kappa shape index (κ1) is 18.8. The van der Waals surface area contributed by atoms with Gasteiger partial charge < -0.3 is 16.0 Å². The van der Waals surface area contributed by atoms with Crippen LogP contribution in [0.15, 0.2) is 59.8 Å². The predicted octanol–water partition coefficient (Wildman–Crippen LogP) is 2.05. The molecule has 0 radical (unpaired) electrons. The molecule has 0 saturated carbocycles. The molecule has 3 rings (SSSR count). The number of carbonyl (C=O) groups is 1. The van der Waals surface area contributed by atoms with Crippen LogP contribution in [0.25, 0.3) is 0 Å². The summed E-state index contributed by atoms with van der Waals surface area (Å²) < 4.78 is 0. The van der Waals surface area contributed by atoms with Crippen LogP contribution in [0.3, 0.4) is 0 Å². The van der Waals surface area contributed by atoms with Crippen LogP contribution in [0.5, 0.6) is 0 Å². The number of nitrogen functional groups attached to an aromatic ring is 1. The van der Waals surface area contributed by atoms with Crippen molar-refractivity contribution >= 4 is 23.2 Å². The van der Waals surface area contributed by atoms with E-state index in [0.29, 0.717) is 11.1 Å². The van der Waals surface area contributed by atoms with Gasteiger partial charge in [-0.25, -0.2) is 19.6 Å². The molecule has 3 aromatic rings. The lowest BCUT2D eigenvalue weighted by atomic mass is 10.1. The monoisotopic (exact) mass is 377 g/mol. The first-order chi connectivity index (χ1) is 13.4. The number of H-pyrrole nitrogens is 1. The summed E-state index contributed by atoms with van der Waals surface area (Å²) in [5, 5.41) is 13.6. The SMILES string of the molecule is CC(NC(=O)Nc1cc(N)c(C(=N)c2cnc(=O)[nH]c2)cn1)c1ccccc1. The van der Waals surface area contributed by atoms with Crippen molar-refractivity contribution in [2.24, 2.45) is 0 Å². The van der Waals surface area contributed by atoms with Crippen molar-refractivity contribution in [2.45, 2.75) is 13.0 Å². The van der Waals surface area contributed by atoms with E-state index in [2.05, 4.69) is 25.6 Å². The molecule has 2 amide bonds. The average molecular weight is 377 g/mol. The van der Waals surface area contributed by atoms with Gasteiger partial charge >= 0.3 is 11.7 Å². The number of urea groups is 1. The van der Waals surface area contributed by atoms with Crippen LogP contribution < -0.4 is 22.1 Å². The summed E-state index contributed by atoms with van der Waals surface area (Å²) in [6.45, 7) is 1.87. The van der Waals surface area contributed by atoms with Gasteiger partial charge in [0, 0.05) is 41.5 Å². The van der Waals surface area contributed by atoms with Crippen molar-refractivity contribution in [3.8, 4) is 0 Å². The van der Waals surface area contributed by atoms with Crippen LogP contribution in [0, 0.1) is 5.41 Å². The topological polar surface area (TPSA) is 150 Å². The number of anilines is 2. The largest absolute Gasteiger partial charge is 0.398 e. The van der Waals surface area contributed by atoms with Crippen molar-refractivity contribution in [1.82, 2.24) is 20.3 Å². The van der Waals surface area contributed by atoms with Crippen molar-refractivity contribution in [3.63, 3.8) is 0 Å². The van der Waals surface area contributed by atoms with E-state index < -0.39 is 11.7 Å². The lowest BCUT2D eigenvalue weighted by Crippen LogP contribution is -2.31. The van der Waals surface area contributed by atoms with Crippen molar-refractivity contribution < 1.29 is 4.79 Å². The van der Waals surface area contributed by atoms with Crippen LogP contribution in [-0.2, 0) is 0 Å². The van der Waals surface area contributed by atoms with Gasteiger partial charge in [-0.1, -0.05) is 30.3 Å². The molecule has 0 spiro atoms. The number of hydrogen-bond donors (Lipinski definition) is 5. The summed E-state index contributed by atoms with van der Waals surface area (Å²) in [4.78, 5) is 33.4. The minimum absolute atomic E-state index is 0.0578. The number of nitrogens with two attached hydrogens (primary N) is 1. The van der Waals surface area contributed by atoms with E-state index >= 15 is 0 Å². The number of nitrogens with one attached hydrogen (secondary N) is 4. The zero-order valence-electron chi connectivity index (χ0n) is 15.1. The van der Waals surface area contributed by atoms with Gasteiger partial charge in [0.1, 0.15) is 5.82 Å². The highest BCUT2D eigenvalue weighted by Gasteiger charge is 2.13. The molecule has 9 heteroatoms. The maximum absolute atomic E-state index is 12.2. The third-order valence-electron chi connectivity index (χ3n) is 4.05. The maximum atomic E-state index is 12.2.